The zero-order valence-corrected chi connectivity index (χ0v) is 17.8. The second-order valence-electron chi connectivity index (χ2n) is 7.22. The summed E-state index contributed by atoms with van der Waals surface area (Å²) >= 11 is 0. The van der Waals surface area contributed by atoms with E-state index in [0.717, 1.165) is 0 Å². The average molecular weight is 402 g/mol. The Morgan fingerprint density at radius 1 is 1.17 bits per heavy atom. The van der Waals surface area contributed by atoms with E-state index in [1.54, 1.807) is 37.1 Å². The van der Waals surface area contributed by atoms with Crippen LogP contribution in [0.2, 0.25) is 0 Å². The molecule has 0 aliphatic rings. The van der Waals surface area contributed by atoms with Gasteiger partial charge in [-0.05, 0) is 40.1 Å². The molecular formula is C21H30N4O4. The van der Waals surface area contributed by atoms with Crippen molar-refractivity contribution in [2.75, 3.05) is 33.8 Å². The van der Waals surface area contributed by atoms with Gasteiger partial charge in [0.15, 0.2) is 0 Å². The number of likely N-dealkylation sites (N-methyl/N-ethyl adjacent to an activating group) is 1. The van der Waals surface area contributed by atoms with Crippen LogP contribution in [0.3, 0.4) is 0 Å². The smallest absolute Gasteiger partial charge is 0.306 e. The Kier molecular flexibility index (Phi) is 7.90. The first-order valence-corrected chi connectivity index (χ1v) is 9.81. The van der Waals surface area contributed by atoms with E-state index in [-0.39, 0.29) is 30.9 Å². The summed E-state index contributed by atoms with van der Waals surface area (Å²) in [6.07, 6.45) is 0.0834. The van der Waals surface area contributed by atoms with Crippen molar-refractivity contribution in [1.82, 2.24) is 19.4 Å². The standard InChI is InChI=1S/C21H30N4O4/c1-6-29-19(27)12-11-18(26)25(14-13-23(3)4)15(2)20-22-17-10-8-7-9-16(17)21(28)24(20)5/h7-10,15H,6,11-14H2,1-5H3. The highest BCUT2D eigenvalue weighted by Gasteiger charge is 2.25. The molecule has 2 aromatic rings. The number of hydrogen-bond acceptors (Lipinski definition) is 6. The molecule has 158 valence electrons. The zero-order valence-electron chi connectivity index (χ0n) is 17.8. The number of amides is 1. The van der Waals surface area contributed by atoms with Crippen molar-refractivity contribution in [3.63, 3.8) is 0 Å². The zero-order chi connectivity index (χ0) is 21.6. The Bertz CT molecular complexity index is 923. The van der Waals surface area contributed by atoms with Crippen LogP contribution in [0.1, 0.15) is 38.6 Å². The van der Waals surface area contributed by atoms with Crippen LogP contribution in [0, 0.1) is 0 Å². The number of ether oxygens (including phenoxy) is 1. The summed E-state index contributed by atoms with van der Waals surface area (Å²) < 4.78 is 6.42. The molecule has 8 heteroatoms. The van der Waals surface area contributed by atoms with Crippen LogP contribution in [-0.4, -0.2) is 65.0 Å². The Labute approximate surface area is 171 Å². The lowest BCUT2D eigenvalue weighted by Gasteiger charge is -2.31. The summed E-state index contributed by atoms with van der Waals surface area (Å²) in [6.45, 7) is 4.98. The number of benzene rings is 1. The van der Waals surface area contributed by atoms with E-state index >= 15 is 0 Å². The molecule has 29 heavy (non-hydrogen) atoms. The van der Waals surface area contributed by atoms with Crippen molar-refractivity contribution in [1.29, 1.82) is 0 Å². The van der Waals surface area contributed by atoms with Gasteiger partial charge in [0.05, 0.1) is 30.0 Å². The molecule has 1 heterocycles. The summed E-state index contributed by atoms with van der Waals surface area (Å²) in [6, 6.07) is 6.74. The second-order valence-corrected chi connectivity index (χ2v) is 7.22. The fourth-order valence-corrected chi connectivity index (χ4v) is 3.18. The lowest BCUT2D eigenvalue weighted by molar-refractivity contribution is -0.146. The Morgan fingerprint density at radius 3 is 2.52 bits per heavy atom. The highest BCUT2D eigenvalue weighted by Crippen LogP contribution is 2.20. The highest BCUT2D eigenvalue weighted by molar-refractivity contribution is 5.82. The van der Waals surface area contributed by atoms with Crippen molar-refractivity contribution in [2.45, 2.75) is 32.7 Å². The van der Waals surface area contributed by atoms with E-state index in [9.17, 15) is 14.4 Å². The van der Waals surface area contributed by atoms with Crippen molar-refractivity contribution in [2.24, 2.45) is 7.05 Å². The van der Waals surface area contributed by atoms with Gasteiger partial charge in [-0.2, -0.15) is 0 Å². The monoisotopic (exact) mass is 402 g/mol. The summed E-state index contributed by atoms with van der Waals surface area (Å²) in [5.41, 5.74) is 0.452. The van der Waals surface area contributed by atoms with E-state index in [0.29, 0.717) is 29.8 Å². The minimum atomic E-state index is -0.424. The lowest BCUT2D eigenvalue weighted by Crippen LogP contribution is -2.40. The van der Waals surface area contributed by atoms with Gasteiger partial charge in [0.2, 0.25) is 5.91 Å². The van der Waals surface area contributed by atoms with Gasteiger partial charge in [-0.1, -0.05) is 12.1 Å². The third-order valence-corrected chi connectivity index (χ3v) is 4.82. The largest absolute Gasteiger partial charge is 0.466 e. The minimum Gasteiger partial charge on any atom is -0.466 e. The summed E-state index contributed by atoms with van der Waals surface area (Å²) in [4.78, 5) is 45.6. The molecule has 0 N–H and O–H groups in total. The molecule has 1 unspecified atom stereocenters. The van der Waals surface area contributed by atoms with Crippen LogP contribution in [0.25, 0.3) is 10.9 Å². The average Bonchev–Trinajstić information content (AvgIpc) is 2.69. The van der Waals surface area contributed by atoms with Crippen molar-refractivity contribution in [3.05, 3.63) is 40.4 Å². The van der Waals surface area contributed by atoms with Gasteiger partial charge in [-0.15, -0.1) is 0 Å². The van der Waals surface area contributed by atoms with E-state index in [1.807, 2.05) is 32.0 Å². The van der Waals surface area contributed by atoms with Crippen molar-refractivity contribution in [3.8, 4) is 0 Å². The van der Waals surface area contributed by atoms with Gasteiger partial charge in [0, 0.05) is 26.6 Å². The molecule has 8 nitrogen and oxygen atoms in total. The Morgan fingerprint density at radius 2 is 1.86 bits per heavy atom. The van der Waals surface area contributed by atoms with E-state index in [4.69, 9.17) is 4.74 Å². The molecule has 0 saturated carbocycles. The third-order valence-electron chi connectivity index (χ3n) is 4.82. The van der Waals surface area contributed by atoms with Gasteiger partial charge in [-0.25, -0.2) is 4.98 Å². The number of hydrogen-bond donors (Lipinski definition) is 0. The second kappa shape index (κ2) is 10.2. The fraction of sp³-hybridized carbons (Fsp3) is 0.524. The quantitative estimate of drug-likeness (QED) is 0.594. The molecule has 0 aliphatic heterocycles. The first-order valence-electron chi connectivity index (χ1n) is 9.81. The molecule has 0 radical (unpaired) electrons. The van der Waals surface area contributed by atoms with E-state index in [2.05, 4.69) is 4.98 Å². The molecule has 1 amide bonds. The number of carbonyl (C=O) groups excluding carboxylic acids is 2. The van der Waals surface area contributed by atoms with Crippen LogP contribution in [0.15, 0.2) is 29.1 Å². The predicted molar refractivity (Wildman–Crippen MR) is 112 cm³/mol. The van der Waals surface area contributed by atoms with Crippen LogP contribution in [-0.2, 0) is 21.4 Å². The molecule has 0 bridgehead atoms. The van der Waals surface area contributed by atoms with Gasteiger partial charge in [0.25, 0.3) is 5.56 Å². The van der Waals surface area contributed by atoms with Crippen LogP contribution >= 0.6 is 0 Å². The molecule has 2 rings (SSSR count). The highest BCUT2D eigenvalue weighted by atomic mass is 16.5. The van der Waals surface area contributed by atoms with Gasteiger partial charge in [0.1, 0.15) is 5.82 Å². The lowest BCUT2D eigenvalue weighted by atomic mass is 10.1. The van der Waals surface area contributed by atoms with Gasteiger partial charge >= 0.3 is 5.97 Å². The normalized spacial score (nSPS) is 12.2. The number of nitrogens with zero attached hydrogens (tertiary/aromatic N) is 4. The van der Waals surface area contributed by atoms with Crippen LogP contribution in [0.4, 0.5) is 0 Å². The molecular weight excluding hydrogens is 372 g/mol. The maximum atomic E-state index is 12.9. The van der Waals surface area contributed by atoms with Crippen molar-refractivity contribution < 1.29 is 14.3 Å². The van der Waals surface area contributed by atoms with E-state index in [1.165, 1.54) is 4.57 Å². The van der Waals surface area contributed by atoms with Gasteiger partial charge < -0.3 is 14.5 Å². The van der Waals surface area contributed by atoms with Crippen LogP contribution < -0.4 is 5.56 Å². The molecule has 0 saturated heterocycles. The molecule has 0 aliphatic carbocycles. The molecule has 1 atom stereocenters. The SMILES string of the molecule is CCOC(=O)CCC(=O)N(CCN(C)C)C(C)c1nc2ccccc2c(=O)n1C. The first kappa shape index (κ1) is 22.5. The number of esters is 1. The summed E-state index contributed by atoms with van der Waals surface area (Å²) in [5.74, 6) is -0.0518. The Hall–Kier alpha value is -2.74. The summed E-state index contributed by atoms with van der Waals surface area (Å²) in [5, 5.41) is 0.541. The molecule has 0 spiro atoms. The number of carbonyl (C=O) groups is 2. The maximum Gasteiger partial charge on any atom is 0.306 e. The number of para-hydroxylation sites is 1. The van der Waals surface area contributed by atoms with E-state index < -0.39 is 12.0 Å². The molecule has 1 aromatic carbocycles. The maximum absolute atomic E-state index is 12.9. The Balaban J connectivity index is 2.33. The number of fused-ring (bicyclic) bond motifs is 1. The summed E-state index contributed by atoms with van der Waals surface area (Å²) in [7, 11) is 5.52. The third kappa shape index (κ3) is 5.63. The van der Waals surface area contributed by atoms with Crippen molar-refractivity contribution >= 4 is 22.8 Å². The predicted octanol–water partition coefficient (Wildman–Crippen LogP) is 1.73. The molecule has 1 aromatic heterocycles. The minimum absolute atomic E-state index is 0.0297. The molecule has 0 fully saturated rings. The first-order chi connectivity index (χ1) is 13.8. The number of rotatable bonds is 9. The van der Waals surface area contributed by atoms with Crippen LogP contribution in [0.5, 0.6) is 0 Å². The van der Waals surface area contributed by atoms with Gasteiger partial charge in [-0.3, -0.25) is 19.0 Å². The topological polar surface area (TPSA) is 84.7 Å². The number of aromatic nitrogens is 2. The fourth-order valence-electron chi connectivity index (χ4n) is 3.18.